The number of ether oxygens (including phenoxy) is 2. The molecular weight excluding hydrogens is 272 g/mol. The predicted molar refractivity (Wildman–Crippen MR) is 64.6 cm³/mol. The van der Waals surface area contributed by atoms with E-state index in [1.54, 1.807) is 6.07 Å². The van der Waals surface area contributed by atoms with Crippen molar-refractivity contribution >= 4 is 22.2 Å². The van der Waals surface area contributed by atoms with Gasteiger partial charge in [-0.2, -0.15) is 0 Å². The minimum absolute atomic E-state index is 0.226. The van der Waals surface area contributed by atoms with Crippen LogP contribution in [0.5, 0.6) is 11.5 Å². The summed E-state index contributed by atoms with van der Waals surface area (Å²) < 4.78 is 12.0. The fourth-order valence-electron chi connectivity index (χ4n) is 1.90. The van der Waals surface area contributed by atoms with Crippen LogP contribution >= 0.6 is 15.9 Å². The maximum atomic E-state index is 11.1. The lowest BCUT2D eigenvalue weighted by molar-refractivity contribution is 0.112. The molecule has 0 amide bonds. The lowest BCUT2D eigenvalue weighted by Gasteiger charge is -2.24. The van der Waals surface area contributed by atoms with Gasteiger partial charge < -0.3 is 9.47 Å². The molecule has 3 nitrogen and oxygen atoms in total. The van der Waals surface area contributed by atoms with Crippen LogP contribution in [0.15, 0.2) is 10.5 Å². The number of halogens is 1. The molecule has 0 radical (unpaired) electrons. The summed E-state index contributed by atoms with van der Waals surface area (Å²) in [5.41, 5.74) is 1.58. The lowest BCUT2D eigenvalue weighted by atomic mass is 9.96. The molecule has 2 rings (SSSR count). The Bertz CT molecular complexity index is 427. The number of hydrogen-bond acceptors (Lipinski definition) is 3. The van der Waals surface area contributed by atoms with Crippen molar-refractivity contribution in [2.75, 3.05) is 13.2 Å². The Kier molecular flexibility index (Phi) is 3.19. The monoisotopic (exact) mass is 284 g/mol. The first-order chi connectivity index (χ1) is 7.65. The molecule has 1 aliphatic heterocycles. The van der Waals surface area contributed by atoms with Crippen LogP contribution in [0.4, 0.5) is 0 Å². The summed E-state index contributed by atoms with van der Waals surface area (Å²) in [6.07, 6.45) is 0.859. The fourth-order valence-corrected chi connectivity index (χ4v) is 2.44. The van der Waals surface area contributed by atoms with Gasteiger partial charge in [-0.25, -0.2) is 0 Å². The van der Waals surface area contributed by atoms with E-state index in [0.29, 0.717) is 30.3 Å². The van der Waals surface area contributed by atoms with Gasteiger partial charge in [-0.3, -0.25) is 4.79 Å². The lowest BCUT2D eigenvalue weighted by Crippen LogP contribution is -2.18. The minimum atomic E-state index is 0.226. The molecule has 1 heterocycles. The number of benzene rings is 1. The largest absolute Gasteiger partial charge is 0.486 e. The van der Waals surface area contributed by atoms with Crippen LogP contribution in [0.3, 0.4) is 0 Å². The van der Waals surface area contributed by atoms with Crippen molar-refractivity contribution in [1.29, 1.82) is 0 Å². The highest BCUT2D eigenvalue weighted by atomic mass is 79.9. The minimum Gasteiger partial charge on any atom is -0.486 e. The van der Waals surface area contributed by atoms with Gasteiger partial charge in [0.2, 0.25) is 0 Å². The molecule has 1 aliphatic rings. The zero-order chi connectivity index (χ0) is 11.7. The molecule has 4 heteroatoms. The van der Waals surface area contributed by atoms with E-state index in [-0.39, 0.29) is 5.92 Å². The number of fused-ring (bicyclic) bond motifs is 1. The number of carbonyl (C=O) groups excluding carboxylic acids is 1. The van der Waals surface area contributed by atoms with E-state index in [2.05, 4.69) is 15.9 Å². The van der Waals surface area contributed by atoms with E-state index in [9.17, 15) is 4.79 Å². The van der Waals surface area contributed by atoms with Crippen molar-refractivity contribution in [3.8, 4) is 11.5 Å². The summed E-state index contributed by atoms with van der Waals surface area (Å²) in [7, 11) is 0. The zero-order valence-corrected chi connectivity index (χ0v) is 10.8. The Morgan fingerprint density at radius 3 is 2.50 bits per heavy atom. The van der Waals surface area contributed by atoms with Gasteiger partial charge in [0.05, 0.1) is 4.47 Å². The Hall–Kier alpha value is -1.03. The van der Waals surface area contributed by atoms with Gasteiger partial charge in [-0.15, -0.1) is 0 Å². The maximum absolute atomic E-state index is 11.1. The van der Waals surface area contributed by atoms with E-state index in [4.69, 9.17) is 9.47 Å². The van der Waals surface area contributed by atoms with Gasteiger partial charge in [-0.1, -0.05) is 13.8 Å². The average molecular weight is 285 g/mol. The number of hydrogen-bond donors (Lipinski definition) is 0. The summed E-state index contributed by atoms with van der Waals surface area (Å²) in [5.74, 6) is 1.64. The highest BCUT2D eigenvalue weighted by Crippen LogP contribution is 2.44. The summed E-state index contributed by atoms with van der Waals surface area (Å²) in [5, 5.41) is 0. The molecule has 0 bridgehead atoms. The van der Waals surface area contributed by atoms with Gasteiger partial charge in [-0.05, 0) is 27.9 Å². The van der Waals surface area contributed by atoms with Crippen LogP contribution in [0.2, 0.25) is 0 Å². The third-order valence-corrected chi connectivity index (χ3v) is 3.13. The molecule has 0 aromatic heterocycles. The fraction of sp³-hybridized carbons (Fsp3) is 0.417. The van der Waals surface area contributed by atoms with Crippen LogP contribution in [0.25, 0.3) is 0 Å². The van der Waals surface area contributed by atoms with E-state index in [1.807, 2.05) is 13.8 Å². The SMILES string of the molecule is CC(C)c1c(C=O)cc(Br)c2c1OCCO2. The van der Waals surface area contributed by atoms with E-state index in [0.717, 1.165) is 16.3 Å². The Balaban J connectivity index is 2.68. The van der Waals surface area contributed by atoms with Crippen LogP contribution in [0.1, 0.15) is 35.7 Å². The van der Waals surface area contributed by atoms with Crippen molar-refractivity contribution in [2.45, 2.75) is 19.8 Å². The summed E-state index contributed by atoms with van der Waals surface area (Å²) in [4.78, 5) is 11.1. The first kappa shape index (κ1) is 11.5. The Labute approximate surface area is 103 Å². The van der Waals surface area contributed by atoms with Crippen LogP contribution in [-0.2, 0) is 0 Å². The third-order valence-electron chi connectivity index (χ3n) is 2.54. The number of carbonyl (C=O) groups is 1. The van der Waals surface area contributed by atoms with Gasteiger partial charge in [0.15, 0.2) is 17.8 Å². The molecule has 1 aromatic carbocycles. The normalized spacial score (nSPS) is 14.0. The van der Waals surface area contributed by atoms with Crippen LogP contribution < -0.4 is 9.47 Å². The molecular formula is C12H13BrO3. The average Bonchev–Trinajstić information content (AvgIpc) is 2.28. The maximum Gasteiger partial charge on any atom is 0.175 e. The quantitative estimate of drug-likeness (QED) is 0.783. The molecule has 16 heavy (non-hydrogen) atoms. The van der Waals surface area contributed by atoms with Gasteiger partial charge in [0.1, 0.15) is 13.2 Å². The molecule has 1 aromatic rings. The molecule has 0 saturated carbocycles. The predicted octanol–water partition coefficient (Wildman–Crippen LogP) is 3.16. The standard InChI is InChI=1S/C12H13BrO3/c1-7(2)10-8(6-14)5-9(13)11-12(10)16-4-3-15-11/h5-7H,3-4H2,1-2H3. The Morgan fingerprint density at radius 2 is 1.94 bits per heavy atom. The molecule has 0 N–H and O–H groups in total. The zero-order valence-electron chi connectivity index (χ0n) is 9.25. The van der Waals surface area contributed by atoms with E-state index >= 15 is 0 Å². The van der Waals surface area contributed by atoms with E-state index < -0.39 is 0 Å². The van der Waals surface area contributed by atoms with Crippen molar-refractivity contribution < 1.29 is 14.3 Å². The van der Waals surface area contributed by atoms with Crippen molar-refractivity contribution in [1.82, 2.24) is 0 Å². The molecule has 0 spiro atoms. The smallest absolute Gasteiger partial charge is 0.175 e. The molecule has 0 saturated heterocycles. The van der Waals surface area contributed by atoms with Crippen molar-refractivity contribution in [3.63, 3.8) is 0 Å². The van der Waals surface area contributed by atoms with Crippen LogP contribution in [0, 0.1) is 0 Å². The van der Waals surface area contributed by atoms with Gasteiger partial charge >= 0.3 is 0 Å². The van der Waals surface area contributed by atoms with Crippen molar-refractivity contribution in [2.24, 2.45) is 0 Å². The second kappa shape index (κ2) is 4.45. The number of rotatable bonds is 2. The molecule has 0 unspecified atom stereocenters. The second-order valence-corrected chi connectivity index (χ2v) is 4.84. The first-order valence-corrected chi connectivity index (χ1v) is 6.01. The topological polar surface area (TPSA) is 35.5 Å². The van der Waals surface area contributed by atoms with Crippen LogP contribution in [-0.4, -0.2) is 19.5 Å². The summed E-state index contributed by atoms with van der Waals surface area (Å²) in [6, 6.07) is 1.79. The third kappa shape index (κ3) is 1.82. The number of aldehydes is 1. The van der Waals surface area contributed by atoms with Crippen molar-refractivity contribution in [3.05, 3.63) is 21.7 Å². The highest BCUT2D eigenvalue weighted by molar-refractivity contribution is 9.10. The van der Waals surface area contributed by atoms with E-state index in [1.165, 1.54) is 0 Å². The highest BCUT2D eigenvalue weighted by Gasteiger charge is 2.24. The Morgan fingerprint density at radius 1 is 1.31 bits per heavy atom. The molecule has 0 fully saturated rings. The molecule has 86 valence electrons. The van der Waals surface area contributed by atoms with Gasteiger partial charge in [0, 0.05) is 11.1 Å². The second-order valence-electron chi connectivity index (χ2n) is 3.99. The molecule has 0 aliphatic carbocycles. The summed E-state index contributed by atoms with van der Waals surface area (Å²) in [6.45, 7) is 5.15. The molecule has 0 atom stereocenters. The van der Waals surface area contributed by atoms with Gasteiger partial charge in [0.25, 0.3) is 0 Å². The first-order valence-electron chi connectivity index (χ1n) is 5.22. The summed E-state index contributed by atoms with van der Waals surface area (Å²) >= 11 is 3.39.